The zero-order valence-corrected chi connectivity index (χ0v) is 9.10. The van der Waals surface area contributed by atoms with E-state index in [2.05, 4.69) is 6.07 Å². The number of nitrogens with zero attached hydrogens (tertiary/aromatic N) is 1. The molecule has 86 valence electrons. The Hall–Kier alpha value is -1.39. The molecule has 4 nitrogen and oxygen atoms in total. The summed E-state index contributed by atoms with van der Waals surface area (Å²) in [5.74, 6) is -0.169. The third kappa shape index (κ3) is 2.08. The van der Waals surface area contributed by atoms with Gasteiger partial charge in [0.25, 0.3) is 0 Å². The van der Waals surface area contributed by atoms with Gasteiger partial charge in [-0.15, -0.1) is 0 Å². The Morgan fingerprint density at radius 1 is 1.44 bits per heavy atom. The summed E-state index contributed by atoms with van der Waals surface area (Å²) in [6, 6.07) is 7.31. The lowest BCUT2D eigenvalue weighted by Gasteiger charge is -2.30. The van der Waals surface area contributed by atoms with E-state index in [1.54, 1.807) is 4.90 Å². The number of hydrogen-bond donors (Lipinski definition) is 2. The van der Waals surface area contributed by atoms with Gasteiger partial charge in [-0.1, -0.05) is 24.3 Å². The predicted molar refractivity (Wildman–Crippen MR) is 60.6 cm³/mol. The average molecular weight is 220 g/mol. The number of aliphatic hydroxyl groups is 1. The van der Waals surface area contributed by atoms with Crippen LogP contribution in [0.5, 0.6) is 0 Å². The number of carbonyl (C=O) groups excluding carboxylic acids is 1. The maximum absolute atomic E-state index is 11.8. The molecule has 1 heterocycles. The van der Waals surface area contributed by atoms with Crippen molar-refractivity contribution in [2.75, 3.05) is 13.2 Å². The molecule has 1 atom stereocenters. The molecule has 16 heavy (non-hydrogen) atoms. The second-order valence-corrected chi connectivity index (χ2v) is 4.07. The van der Waals surface area contributed by atoms with Crippen molar-refractivity contribution in [2.24, 2.45) is 5.73 Å². The van der Waals surface area contributed by atoms with Crippen LogP contribution in [0.2, 0.25) is 0 Å². The van der Waals surface area contributed by atoms with Gasteiger partial charge in [-0.2, -0.15) is 0 Å². The van der Waals surface area contributed by atoms with Gasteiger partial charge in [-0.25, -0.2) is 0 Å². The van der Waals surface area contributed by atoms with E-state index in [0.29, 0.717) is 13.1 Å². The lowest BCUT2D eigenvalue weighted by Crippen LogP contribution is -2.47. The molecule has 0 fully saturated rings. The molecule has 3 N–H and O–H groups in total. The number of hydrogen-bond acceptors (Lipinski definition) is 3. The Kier molecular flexibility index (Phi) is 3.22. The summed E-state index contributed by atoms with van der Waals surface area (Å²) in [5, 5.41) is 8.86. The van der Waals surface area contributed by atoms with Crippen LogP contribution in [0.1, 0.15) is 11.1 Å². The van der Waals surface area contributed by atoms with Gasteiger partial charge in [0.15, 0.2) is 0 Å². The largest absolute Gasteiger partial charge is 0.394 e. The van der Waals surface area contributed by atoms with Crippen molar-refractivity contribution in [3.8, 4) is 0 Å². The third-order valence-corrected chi connectivity index (χ3v) is 2.96. The first-order chi connectivity index (χ1) is 7.72. The lowest BCUT2D eigenvalue weighted by atomic mass is 9.99. The molecule has 4 heteroatoms. The highest BCUT2D eigenvalue weighted by Crippen LogP contribution is 2.18. The van der Waals surface area contributed by atoms with Gasteiger partial charge in [0.1, 0.15) is 6.04 Å². The number of amides is 1. The molecule has 1 amide bonds. The summed E-state index contributed by atoms with van der Waals surface area (Å²) in [4.78, 5) is 13.5. The minimum Gasteiger partial charge on any atom is -0.394 e. The van der Waals surface area contributed by atoms with E-state index in [1.165, 1.54) is 11.1 Å². The van der Waals surface area contributed by atoms with Gasteiger partial charge in [0, 0.05) is 13.1 Å². The molecule has 0 radical (unpaired) electrons. The van der Waals surface area contributed by atoms with Crippen LogP contribution >= 0.6 is 0 Å². The van der Waals surface area contributed by atoms with Crippen LogP contribution in [0.25, 0.3) is 0 Å². The van der Waals surface area contributed by atoms with E-state index in [9.17, 15) is 4.79 Å². The van der Waals surface area contributed by atoms with Crippen LogP contribution in [0.15, 0.2) is 24.3 Å². The van der Waals surface area contributed by atoms with Gasteiger partial charge in [0.05, 0.1) is 6.61 Å². The molecule has 0 aromatic heterocycles. The quantitative estimate of drug-likeness (QED) is 0.731. The number of carbonyl (C=O) groups is 1. The summed E-state index contributed by atoms with van der Waals surface area (Å²) in [6.45, 7) is 0.989. The molecule has 0 aliphatic carbocycles. The molecule has 0 saturated heterocycles. The lowest BCUT2D eigenvalue weighted by molar-refractivity contribution is -0.134. The highest BCUT2D eigenvalue weighted by molar-refractivity contribution is 5.82. The fraction of sp³-hybridized carbons (Fsp3) is 0.417. The molecule has 1 aromatic carbocycles. The van der Waals surface area contributed by atoms with Crippen molar-refractivity contribution in [1.82, 2.24) is 4.90 Å². The average Bonchev–Trinajstić information content (AvgIpc) is 2.36. The van der Waals surface area contributed by atoms with E-state index >= 15 is 0 Å². The third-order valence-electron chi connectivity index (χ3n) is 2.96. The Bertz CT molecular complexity index is 392. The standard InChI is InChI=1S/C12H16N2O2/c13-11(8-15)12(16)14-6-5-9-3-1-2-4-10(9)7-14/h1-4,11,15H,5-8,13H2. The second-order valence-electron chi connectivity index (χ2n) is 4.07. The van der Waals surface area contributed by atoms with Crippen LogP contribution < -0.4 is 5.73 Å². The summed E-state index contributed by atoms with van der Waals surface area (Å²) in [7, 11) is 0. The second kappa shape index (κ2) is 4.63. The number of nitrogens with two attached hydrogens (primary N) is 1. The summed E-state index contributed by atoms with van der Waals surface area (Å²) in [6.07, 6.45) is 0.861. The van der Waals surface area contributed by atoms with Crippen LogP contribution in [-0.2, 0) is 17.8 Å². The zero-order chi connectivity index (χ0) is 11.5. The van der Waals surface area contributed by atoms with Crippen molar-refractivity contribution in [1.29, 1.82) is 0 Å². The normalized spacial score (nSPS) is 16.8. The van der Waals surface area contributed by atoms with E-state index in [-0.39, 0.29) is 12.5 Å². The van der Waals surface area contributed by atoms with E-state index in [0.717, 1.165) is 6.42 Å². The Labute approximate surface area is 94.7 Å². The van der Waals surface area contributed by atoms with E-state index in [1.807, 2.05) is 18.2 Å². The minimum absolute atomic E-state index is 0.169. The van der Waals surface area contributed by atoms with Crippen LogP contribution in [0.3, 0.4) is 0 Å². The first-order valence-electron chi connectivity index (χ1n) is 5.44. The summed E-state index contributed by atoms with van der Waals surface area (Å²) in [5.41, 5.74) is 7.99. The minimum atomic E-state index is -0.787. The zero-order valence-electron chi connectivity index (χ0n) is 9.10. The van der Waals surface area contributed by atoms with Crippen molar-refractivity contribution in [3.05, 3.63) is 35.4 Å². The van der Waals surface area contributed by atoms with E-state index < -0.39 is 6.04 Å². The fourth-order valence-corrected chi connectivity index (χ4v) is 2.00. The molecular weight excluding hydrogens is 204 g/mol. The maximum atomic E-state index is 11.8. The van der Waals surface area contributed by atoms with Crippen molar-refractivity contribution in [3.63, 3.8) is 0 Å². The van der Waals surface area contributed by atoms with Crippen LogP contribution in [0.4, 0.5) is 0 Å². The van der Waals surface area contributed by atoms with Gasteiger partial charge in [-0.05, 0) is 17.5 Å². The topological polar surface area (TPSA) is 66.6 Å². The Balaban J connectivity index is 2.11. The molecule has 0 saturated carbocycles. The highest BCUT2D eigenvalue weighted by Gasteiger charge is 2.24. The van der Waals surface area contributed by atoms with Gasteiger partial charge in [0.2, 0.25) is 5.91 Å². The summed E-state index contributed by atoms with van der Waals surface area (Å²) < 4.78 is 0. The fourth-order valence-electron chi connectivity index (χ4n) is 2.00. The SMILES string of the molecule is NC(CO)C(=O)N1CCc2ccccc2C1. The smallest absolute Gasteiger partial charge is 0.242 e. The number of fused-ring (bicyclic) bond motifs is 1. The van der Waals surface area contributed by atoms with Gasteiger partial charge < -0.3 is 15.7 Å². The number of aliphatic hydroxyl groups excluding tert-OH is 1. The molecule has 0 bridgehead atoms. The van der Waals surface area contributed by atoms with Gasteiger partial charge in [-0.3, -0.25) is 4.79 Å². The monoisotopic (exact) mass is 220 g/mol. The molecule has 1 aliphatic rings. The molecule has 1 aliphatic heterocycles. The first kappa shape index (κ1) is 11.1. The molecule has 1 unspecified atom stereocenters. The Morgan fingerprint density at radius 3 is 2.81 bits per heavy atom. The van der Waals surface area contributed by atoms with Crippen LogP contribution in [0, 0.1) is 0 Å². The number of benzene rings is 1. The molecule has 0 spiro atoms. The summed E-state index contributed by atoms with van der Waals surface area (Å²) >= 11 is 0. The highest BCUT2D eigenvalue weighted by atomic mass is 16.3. The van der Waals surface area contributed by atoms with Crippen molar-refractivity contribution < 1.29 is 9.90 Å². The van der Waals surface area contributed by atoms with Crippen molar-refractivity contribution in [2.45, 2.75) is 19.0 Å². The predicted octanol–water partition coefficient (Wildman–Crippen LogP) is -0.109. The Morgan fingerprint density at radius 2 is 2.12 bits per heavy atom. The van der Waals surface area contributed by atoms with Crippen LogP contribution in [-0.4, -0.2) is 35.1 Å². The van der Waals surface area contributed by atoms with E-state index in [4.69, 9.17) is 10.8 Å². The molecule has 2 rings (SSSR count). The van der Waals surface area contributed by atoms with Gasteiger partial charge >= 0.3 is 0 Å². The first-order valence-corrected chi connectivity index (χ1v) is 5.44. The maximum Gasteiger partial charge on any atom is 0.242 e. The molecular formula is C12H16N2O2. The van der Waals surface area contributed by atoms with Crippen molar-refractivity contribution >= 4 is 5.91 Å². The number of rotatable bonds is 2. The molecule has 1 aromatic rings.